The maximum Gasteiger partial charge on any atom is 0.419 e. The van der Waals surface area contributed by atoms with Gasteiger partial charge in [0.1, 0.15) is 5.69 Å². The molecule has 0 amide bonds. The van der Waals surface area contributed by atoms with Gasteiger partial charge in [0.2, 0.25) is 0 Å². The summed E-state index contributed by atoms with van der Waals surface area (Å²) in [6.07, 6.45) is 0.521. The minimum absolute atomic E-state index is 0.220. The number of nitrogens with one attached hydrogen (secondary N) is 1. The van der Waals surface area contributed by atoms with Gasteiger partial charge < -0.3 is 14.1 Å². The zero-order valence-corrected chi connectivity index (χ0v) is 15.2. The Bertz CT molecular complexity index is 1200. The third-order valence-corrected chi connectivity index (χ3v) is 4.64. The van der Waals surface area contributed by atoms with E-state index in [0.29, 0.717) is 24.2 Å². The van der Waals surface area contributed by atoms with Crippen molar-refractivity contribution in [3.63, 3.8) is 0 Å². The smallest absolute Gasteiger partial charge is 0.419 e. The van der Waals surface area contributed by atoms with E-state index < -0.39 is 11.7 Å². The summed E-state index contributed by atoms with van der Waals surface area (Å²) in [6.45, 7) is 4.68. The van der Waals surface area contributed by atoms with Crippen LogP contribution in [0.25, 0.3) is 22.0 Å². The second-order valence-electron chi connectivity index (χ2n) is 6.70. The summed E-state index contributed by atoms with van der Waals surface area (Å²) < 4.78 is 12.1. The van der Waals surface area contributed by atoms with Crippen LogP contribution in [0.5, 0.6) is 0 Å². The molecule has 0 fully saturated rings. The molecule has 6 heteroatoms. The second-order valence-corrected chi connectivity index (χ2v) is 6.70. The first-order valence-electron chi connectivity index (χ1n) is 8.88. The number of benzene rings is 2. The van der Waals surface area contributed by atoms with Crippen molar-refractivity contribution in [3.8, 4) is 0 Å². The molecule has 138 valence electrons. The van der Waals surface area contributed by atoms with E-state index in [1.54, 1.807) is 10.6 Å². The number of carbonyl (C=O) groups excluding carboxylic acids is 1. The molecule has 2 aromatic heterocycles. The van der Waals surface area contributed by atoms with Crippen LogP contribution in [-0.4, -0.2) is 22.1 Å². The summed E-state index contributed by atoms with van der Waals surface area (Å²) >= 11 is 0. The Balaban J connectivity index is 1.40. The molecule has 1 N–H and O–H groups in total. The number of carbonyl (C=O) groups is 1. The molecular formula is C21H20N2O4. The summed E-state index contributed by atoms with van der Waals surface area (Å²) in [5.41, 5.74) is 4.92. The molecule has 0 aliphatic heterocycles. The van der Waals surface area contributed by atoms with Crippen molar-refractivity contribution in [1.82, 2.24) is 9.55 Å². The van der Waals surface area contributed by atoms with Crippen LogP contribution in [0.15, 0.2) is 51.7 Å². The number of aryl methyl sites for hydroxylation is 3. The predicted molar refractivity (Wildman–Crippen MR) is 103 cm³/mol. The van der Waals surface area contributed by atoms with E-state index in [1.807, 2.05) is 44.2 Å². The van der Waals surface area contributed by atoms with Gasteiger partial charge in [0, 0.05) is 17.4 Å². The monoisotopic (exact) mass is 364 g/mol. The Morgan fingerprint density at radius 3 is 2.85 bits per heavy atom. The van der Waals surface area contributed by atoms with E-state index in [4.69, 9.17) is 9.15 Å². The quantitative estimate of drug-likeness (QED) is 0.430. The largest absolute Gasteiger partial charge is 0.461 e. The molecule has 0 aliphatic carbocycles. The molecule has 0 atom stereocenters. The van der Waals surface area contributed by atoms with Gasteiger partial charge in [-0.05, 0) is 55.7 Å². The van der Waals surface area contributed by atoms with Crippen LogP contribution in [0.1, 0.15) is 28.0 Å². The highest BCUT2D eigenvalue weighted by molar-refractivity contribution is 5.96. The number of hydrogen-bond acceptors (Lipinski definition) is 4. The molecule has 0 unspecified atom stereocenters. The normalized spacial score (nSPS) is 11.3. The van der Waals surface area contributed by atoms with E-state index >= 15 is 0 Å². The van der Waals surface area contributed by atoms with Crippen LogP contribution in [0, 0.1) is 13.8 Å². The number of esters is 1. The second kappa shape index (κ2) is 6.79. The number of aromatic amines is 1. The first-order chi connectivity index (χ1) is 13.0. The molecule has 0 spiro atoms. The van der Waals surface area contributed by atoms with E-state index in [1.165, 1.54) is 0 Å². The SMILES string of the molecule is Cc1cc(C)c2cc(C(=O)OCCCn3c(=O)oc4ccccc43)[nH]c2c1. The fourth-order valence-corrected chi connectivity index (χ4v) is 3.40. The summed E-state index contributed by atoms with van der Waals surface area (Å²) in [6, 6.07) is 13.2. The first kappa shape index (κ1) is 17.1. The van der Waals surface area contributed by atoms with Crippen LogP contribution < -0.4 is 5.76 Å². The molecule has 0 saturated heterocycles. The molecule has 4 aromatic rings. The fraction of sp³-hybridized carbons (Fsp3) is 0.238. The van der Waals surface area contributed by atoms with Crippen molar-refractivity contribution in [2.24, 2.45) is 0 Å². The molecule has 0 aliphatic rings. The van der Waals surface area contributed by atoms with Gasteiger partial charge in [-0.3, -0.25) is 4.57 Å². The van der Waals surface area contributed by atoms with E-state index in [2.05, 4.69) is 11.1 Å². The Kier molecular flexibility index (Phi) is 4.32. The number of nitrogens with zero attached hydrogens (tertiary/aromatic N) is 1. The van der Waals surface area contributed by atoms with Crippen molar-refractivity contribution < 1.29 is 13.9 Å². The van der Waals surface area contributed by atoms with Crippen molar-refractivity contribution in [2.45, 2.75) is 26.8 Å². The van der Waals surface area contributed by atoms with Gasteiger partial charge >= 0.3 is 11.7 Å². The van der Waals surface area contributed by atoms with Crippen molar-refractivity contribution in [2.75, 3.05) is 6.61 Å². The van der Waals surface area contributed by atoms with Gasteiger partial charge in [-0.1, -0.05) is 18.2 Å². The van der Waals surface area contributed by atoms with Gasteiger partial charge in [0.25, 0.3) is 0 Å². The van der Waals surface area contributed by atoms with E-state index in [0.717, 1.165) is 27.5 Å². The molecule has 4 rings (SSSR count). The standard InChI is InChI=1S/C21H20N2O4/c1-13-10-14(2)15-12-17(22-16(15)11-13)20(24)26-9-5-8-23-18-6-3-4-7-19(18)27-21(23)25/h3-4,6-7,10-12,22H,5,8-9H2,1-2H3. The Morgan fingerprint density at radius 2 is 2.00 bits per heavy atom. The van der Waals surface area contributed by atoms with Gasteiger partial charge in [-0.15, -0.1) is 0 Å². The number of rotatable bonds is 5. The highest BCUT2D eigenvalue weighted by atomic mass is 16.5. The Labute approximate surface area is 155 Å². The highest BCUT2D eigenvalue weighted by Gasteiger charge is 2.13. The first-order valence-corrected chi connectivity index (χ1v) is 8.88. The number of fused-ring (bicyclic) bond motifs is 2. The van der Waals surface area contributed by atoms with Crippen molar-refractivity contribution in [3.05, 3.63) is 69.8 Å². The molecule has 2 heterocycles. The van der Waals surface area contributed by atoms with Crippen LogP contribution in [0.3, 0.4) is 0 Å². The fourth-order valence-electron chi connectivity index (χ4n) is 3.40. The summed E-state index contributed by atoms with van der Waals surface area (Å²) in [5, 5.41) is 1.02. The van der Waals surface area contributed by atoms with E-state index in [-0.39, 0.29) is 6.61 Å². The number of H-pyrrole nitrogens is 1. The Morgan fingerprint density at radius 1 is 1.19 bits per heavy atom. The number of para-hydroxylation sites is 2. The van der Waals surface area contributed by atoms with E-state index in [9.17, 15) is 9.59 Å². The predicted octanol–water partition coefficient (Wildman–Crippen LogP) is 3.94. The number of aromatic nitrogens is 2. The molecule has 0 saturated carbocycles. The van der Waals surface area contributed by atoms with Crippen molar-refractivity contribution >= 4 is 28.0 Å². The third-order valence-electron chi connectivity index (χ3n) is 4.64. The summed E-state index contributed by atoms with van der Waals surface area (Å²) in [4.78, 5) is 27.4. The van der Waals surface area contributed by atoms with Gasteiger partial charge in [0.15, 0.2) is 5.58 Å². The average Bonchev–Trinajstić information content (AvgIpc) is 3.19. The molecule has 0 bridgehead atoms. The van der Waals surface area contributed by atoms with Gasteiger partial charge in [0.05, 0.1) is 12.1 Å². The Hall–Kier alpha value is -3.28. The lowest BCUT2D eigenvalue weighted by Gasteiger charge is -2.04. The minimum atomic E-state index is -0.399. The summed E-state index contributed by atoms with van der Waals surface area (Å²) in [5.74, 6) is -0.795. The molecular weight excluding hydrogens is 344 g/mol. The number of ether oxygens (including phenoxy) is 1. The molecule has 27 heavy (non-hydrogen) atoms. The van der Waals surface area contributed by atoms with Crippen molar-refractivity contribution in [1.29, 1.82) is 0 Å². The minimum Gasteiger partial charge on any atom is -0.461 e. The number of oxazole rings is 1. The molecule has 2 aromatic carbocycles. The maximum atomic E-state index is 12.3. The van der Waals surface area contributed by atoms with Gasteiger partial charge in [-0.2, -0.15) is 0 Å². The van der Waals surface area contributed by atoms with Crippen LogP contribution in [-0.2, 0) is 11.3 Å². The van der Waals surface area contributed by atoms with Crippen LogP contribution in [0.2, 0.25) is 0 Å². The van der Waals surface area contributed by atoms with Gasteiger partial charge in [-0.25, -0.2) is 9.59 Å². The number of hydrogen-bond donors (Lipinski definition) is 1. The zero-order chi connectivity index (χ0) is 19.0. The topological polar surface area (TPSA) is 77.2 Å². The third kappa shape index (κ3) is 3.26. The maximum absolute atomic E-state index is 12.3. The molecule has 6 nitrogen and oxygen atoms in total. The van der Waals surface area contributed by atoms with Crippen LogP contribution in [0.4, 0.5) is 0 Å². The lowest BCUT2D eigenvalue weighted by molar-refractivity contribution is 0.0490. The van der Waals surface area contributed by atoms with Crippen LogP contribution >= 0.6 is 0 Å². The zero-order valence-electron chi connectivity index (χ0n) is 15.2. The molecule has 0 radical (unpaired) electrons. The lowest BCUT2D eigenvalue weighted by Crippen LogP contribution is -2.16. The summed E-state index contributed by atoms with van der Waals surface area (Å²) in [7, 11) is 0. The lowest BCUT2D eigenvalue weighted by atomic mass is 10.1. The highest BCUT2D eigenvalue weighted by Crippen LogP contribution is 2.22. The average molecular weight is 364 g/mol.